The number of ketones is 1. The predicted octanol–water partition coefficient (Wildman–Crippen LogP) is 3.90. The Hall–Kier alpha value is -3.22. The van der Waals surface area contributed by atoms with Crippen molar-refractivity contribution in [1.29, 1.82) is 0 Å². The summed E-state index contributed by atoms with van der Waals surface area (Å²) in [6, 6.07) is 10.7. The highest BCUT2D eigenvalue weighted by molar-refractivity contribution is 6.01. The maximum Gasteiger partial charge on any atom is 0.339 e. The summed E-state index contributed by atoms with van der Waals surface area (Å²) in [5.74, 6) is -1.18. The highest BCUT2D eigenvalue weighted by Crippen LogP contribution is 2.24. The Morgan fingerprint density at radius 2 is 1.63 bits per heavy atom. The molecule has 142 valence electrons. The third kappa shape index (κ3) is 4.69. The zero-order chi connectivity index (χ0) is 20.4. The van der Waals surface area contributed by atoms with Gasteiger partial charge in [0.2, 0.25) is 5.78 Å². The number of esters is 1. The Labute approximate surface area is 157 Å². The zero-order valence-electron chi connectivity index (χ0n) is 15.7. The van der Waals surface area contributed by atoms with Gasteiger partial charge in [-0.05, 0) is 30.0 Å². The summed E-state index contributed by atoms with van der Waals surface area (Å²) in [6.07, 6.45) is -1.03. The van der Waals surface area contributed by atoms with Crippen LogP contribution in [-0.4, -0.2) is 22.8 Å². The number of ether oxygens (including phenoxy) is 1. The molecule has 0 spiro atoms. The maximum absolute atomic E-state index is 12.5. The number of hydrogen-bond acceptors (Lipinski definition) is 6. The van der Waals surface area contributed by atoms with Crippen molar-refractivity contribution in [3.8, 4) is 0 Å². The number of nitrogens with zero attached hydrogens (tertiary/aromatic N) is 1. The number of anilines is 1. The number of nitrogens with two attached hydrogens (primary N) is 1. The van der Waals surface area contributed by atoms with Gasteiger partial charge in [-0.2, -0.15) is 0 Å². The number of nitrogen functional groups attached to an aromatic ring is 1. The second-order valence-electron chi connectivity index (χ2n) is 7.27. The van der Waals surface area contributed by atoms with Gasteiger partial charge in [-0.3, -0.25) is 14.9 Å². The Kier molecular flexibility index (Phi) is 5.64. The minimum atomic E-state index is -1.03. The third-order valence-electron chi connectivity index (χ3n) is 4.15. The first-order valence-electron chi connectivity index (χ1n) is 8.40. The van der Waals surface area contributed by atoms with Gasteiger partial charge in [-0.15, -0.1) is 0 Å². The monoisotopic (exact) mass is 370 g/mol. The first-order chi connectivity index (χ1) is 12.5. The molecule has 0 fully saturated rings. The van der Waals surface area contributed by atoms with Crippen molar-refractivity contribution in [1.82, 2.24) is 0 Å². The van der Waals surface area contributed by atoms with Crippen LogP contribution in [0.3, 0.4) is 0 Å². The van der Waals surface area contributed by atoms with Crippen LogP contribution in [0.15, 0.2) is 42.5 Å². The number of Topliss-reactive ketones (excluding diaryl/α,β-unsaturated/α-hetero) is 1. The van der Waals surface area contributed by atoms with E-state index in [1.54, 1.807) is 12.1 Å². The third-order valence-corrected chi connectivity index (χ3v) is 4.15. The summed E-state index contributed by atoms with van der Waals surface area (Å²) >= 11 is 0. The molecular weight excluding hydrogens is 348 g/mol. The van der Waals surface area contributed by atoms with Crippen molar-refractivity contribution in [2.24, 2.45) is 0 Å². The maximum atomic E-state index is 12.5. The van der Waals surface area contributed by atoms with Crippen LogP contribution >= 0.6 is 0 Å². The first kappa shape index (κ1) is 20.1. The smallest absolute Gasteiger partial charge is 0.339 e. The lowest BCUT2D eigenvalue weighted by molar-refractivity contribution is -0.383. The molecule has 0 aliphatic carbocycles. The van der Waals surface area contributed by atoms with Crippen LogP contribution in [0.1, 0.15) is 54.0 Å². The minimum absolute atomic E-state index is 0.0382. The van der Waals surface area contributed by atoms with Gasteiger partial charge in [-0.1, -0.05) is 45.0 Å². The van der Waals surface area contributed by atoms with Crippen LogP contribution < -0.4 is 5.73 Å². The summed E-state index contributed by atoms with van der Waals surface area (Å²) in [5, 5.41) is 10.9. The summed E-state index contributed by atoms with van der Waals surface area (Å²) < 4.78 is 5.17. The molecule has 0 amide bonds. The van der Waals surface area contributed by atoms with Gasteiger partial charge in [0.15, 0.2) is 6.10 Å². The van der Waals surface area contributed by atoms with Gasteiger partial charge in [-0.25, -0.2) is 4.79 Å². The fourth-order valence-electron chi connectivity index (χ4n) is 2.48. The molecule has 2 N–H and O–H groups in total. The van der Waals surface area contributed by atoms with E-state index in [1.165, 1.54) is 19.1 Å². The van der Waals surface area contributed by atoms with Gasteiger partial charge < -0.3 is 10.5 Å². The fraction of sp³-hybridized carbons (Fsp3) is 0.300. The number of rotatable bonds is 5. The first-order valence-corrected chi connectivity index (χ1v) is 8.40. The molecule has 2 rings (SSSR count). The van der Waals surface area contributed by atoms with E-state index in [4.69, 9.17) is 10.5 Å². The molecule has 27 heavy (non-hydrogen) atoms. The van der Waals surface area contributed by atoms with Crippen molar-refractivity contribution >= 4 is 23.1 Å². The highest BCUT2D eigenvalue weighted by Gasteiger charge is 2.23. The van der Waals surface area contributed by atoms with E-state index in [-0.39, 0.29) is 28.1 Å². The second-order valence-corrected chi connectivity index (χ2v) is 7.27. The molecule has 1 atom stereocenters. The van der Waals surface area contributed by atoms with Crippen molar-refractivity contribution in [3.05, 3.63) is 69.3 Å². The lowest BCUT2D eigenvalue weighted by atomic mass is 9.86. The molecular formula is C20H22N2O5. The van der Waals surface area contributed by atoms with E-state index < -0.39 is 17.0 Å². The van der Waals surface area contributed by atoms with Gasteiger partial charge in [0.25, 0.3) is 5.69 Å². The van der Waals surface area contributed by atoms with E-state index in [0.717, 1.165) is 11.6 Å². The number of benzene rings is 2. The number of nitro benzene ring substituents is 1. The van der Waals surface area contributed by atoms with Crippen LogP contribution in [0, 0.1) is 10.1 Å². The van der Waals surface area contributed by atoms with Crippen LogP contribution in [-0.2, 0) is 10.2 Å². The van der Waals surface area contributed by atoms with Crippen LogP contribution in [0.25, 0.3) is 0 Å². The van der Waals surface area contributed by atoms with Gasteiger partial charge in [0.1, 0.15) is 5.69 Å². The molecule has 0 aliphatic heterocycles. The Morgan fingerprint density at radius 3 is 2.15 bits per heavy atom. The Balaban J connectivity index is 2.13. The van der Waals surface area contributed by atoms with E-state index in [0.29, 0.717) is 5.56 Å². The highest BCUT2D eigenvalue weighted by atomic mass is 16.6. The molecule has 0 bridgehead atoms. The van der Waals surface area contributed by atoms with Gasteiger partial charge in [0, 0.05) is 11.6 Å². The summed E-state index contributed by atoms with van der Waals surface area (Å²) in [7, 11) is 0. The van der Waals surface area contributed by atoms with Crippen molar-refractivity contribution in [3.63, 3.8) is 0 Å². The predicted molar refractivity (Wildman–Crippen MR) is 102 cm³/mol. The van der Waals surface area contributed by atoms with Crippen molar-refractivity contribution < 1.29 is 19.2 Å². The quantitative estimate of drug-likeness (QED) is 0.281. The lowest BCUT2D eigenvalue weighted by Gasteiger charge is -2.19. The van der Waals surface area contributed by atoms with Crippen LogP contribution in [0.2, 0.25) is 0 Å². The average molecular weight is 370 g/mol. The van der Waals surface area contributed by atoms with Crippen molar-refractivity contribution in [2.75, 3.05) is 5.73 Å². The summed E-state index contributed by atoms with van der Waals surface area (Å²) in [5.41, 5.74) is 6.49. The molecule has 2 aromatic carbocycles. The van der Waals surface area contributed by atoms with E-state index in [2.05, 4.69) is 20.8 Å². The Morgan fingerprint density at radius 1 is 1.07 bits per heavy atom. The Bertz CT molecular complexity index is 882. The molecule has 0 radical (unpaired) electrons. The molecule has 7 nitrogen and oxygen atoms in total. The molecule has 0 unspecified atom stereocenters. The molecule has 0 saturated carbocycles. The number of carbonyl (C=O) groups is 2. The van der Waals surface area contributed by atoms with Gasteiger partial charge in [0.05, 0.1) is 10.5 Å². The molecule has 0 heterocycles. The summed E-state index contributed by atoms with van der Waals surface area (Å²) in [6.45, 7) is 7.67. The van der Waals surface area contributed by atoms with Crippen molar-refractivity contribution in [2.45, 2.75) is 39.2 Å². The van der Waals surface area contributed by atoms with Crippen LogP contribution in [0.5, 0.6) is 0 Å². The molecule has 0 aliphatic rings. The number of nitro groups is 1. The topological polar surface area (TPSA) is 113 Å². The van der Waals surface area contributed by atoms with E-state index >= 15 is 0 Å². The molecule has 7 heteroatoms. The van der Waals surface area contributed by atoms with Crippen LogP contribution in [0.4, 0.5) is 11.4 Å². The lowest BCUT2D eigenvalue weighted by Crippen LogP contribution is -2.24. The SMILES string of the molecule is C[C@H](OC(=O)c1ccc(N)c([N+](=O)[O-])c1)C(=O)c1ccc(C(C)(C)C)cc1. The molecule has 0 aromatic heterocycles. The minimum Gasteiger partial charge on any atom is -0.451 e. The largest absolute Gasteiger partial charge is 0.451 e. The average Bonchev–Trinajstić information content (AvgIpc) is 2.60. The molecule has 2 aromatic rings. The summed E-state index contributed by atoms with van der Waals surface area (Å²) in [4.78, 5) is 35.0. The zero-order valence-corrected chi connectivity index (χ0v) is 15.7. The van der Waals surface area contributed by atoms with E-state index in [1.807, 2.05) is 12.1 Å². The standard InChI is InChI=1S/C20H22N2O5/c1-12(18(23)13-5-8-15(9-6-13)20(2,3)4)27-19(24)14-7-10-16(21)17(11-14)22(25)26/h5-12H,21H2,1-4H3/t12-/m0/s1. The van der Waals surface area contributed by atoms with Gasteiger partial charge >= 0.3 is 5.97 Å². The van der Waals surface area contributed by atoms with E-state index in [9.17, 15) is 19.7 Å². The number of carbonyl (C=O) groups excluding carboxylic acids is 2. The molecule has 0 saturated heterocycles. The normalized spacial score (nSPS) is 12.3. The fourth-order valence-corrected chi connectivity index (χ4v) is 2.48. The second kappa shape index (κ2) is 7.57. The number of hydrogen-bond donors (Lipinski definition) is 1.